The van der Waals surface area contributed by atoms with Crippen molar-refractivity contribution >= 4 is 24.0 Å². The van der Waals surface area contributed by atoms with Crippen LogP contribution in [0.15, 0.2) is 18.2 Å². The Kier molecular flexibility index (Phi) is 6.44. The van der Waals surface area contributed by atoms with Gasteiger partial charge >= 0.3 is 0 Å². The van der Waals surface area contributed by atoms with E-state index in [1.54, 1.807) is 0 Å². The van der Waals surface area contributed by atoms with Gasteiger partial charge in [0.05, 0.1) is 12.8 Å². The van der Waals surface area contributed by atoms with E-state index >= 15 is 0 Å². The molecule has 4 nitrogen and oxygen atoms in total. The van der Waals surface area contributed by atoms with Gasteiger partial charge in [-0.05, 0) is 12.1 Å². The lowest BCUT2D eigenvalue weighted by Crippen LogP contribution is -2.16. The van der Waals surface area contributed by atoms with E-state index in [2.05, 4.69) is 5.32 Å². The number of hydrogen-bond donors (Lipinski definition) is 2. The second-order valence-corrected chi connectivity index (χ2v) is 2.93. The zero-order chi connectivity index (χ0) is 11.3. The van der Waals surface area contributed by atoms with Gasteiger partial charge in [0.15, 0.2) is 0 Å². The Bertz CT molecular complexity index is 361. The van der Waals surface area contributed by atoms with Crippen molar-refractivity contribution in [3.8, 4) is 5.75 Å². The van der Waals surface area contributed by atoms with Crippen molar-refractivity contribution in [3.63, 3.8) is 0 Å². The minimum Gasteiger partial charge on any atom is -0.494 e. The van der Waals surface area contributed by atoms with Crippen LogP contribution in [0.3, 0.4) is 0 Å². The van der Waals surface area contributed by atoms with Crippen molar-refractivity contribution in [2.45, 2.75) is 6.42 Å². The molecule has 0 unspecified atom stereocenters. The predicted molar refractivity (Wildman–Crippen MR) is 62.5 cm³/mol. The predicted octanol–water partition coefficient (Wildman–Crippen LogP) is 1.54. The fourth-order valence-electron chi connectivity index (χ4n) is 1.11. The highest BCUT2D eigenvalue weighted by Crippen LogP contribution is 2.24. The SMILES string of the molecule is COc1cc(F)ccc1NC(=O)CCN.Cl. The molecule has 1 rings (SSSR count). The molecule has 16 heavy (non-hydrogen) atoms. The van der Waals surface area contributed by atoms with Gasteiger partial charge in [-0.15, -0.1) is 12.4 Å². The first kappa shape index (κ1) is 14.7. The summed E-state index contributed by atoms with van der Waals surface area (Å²) in [6, 6.07) is 3.90. The van der Waals surface area contributed by atoms with Crippen LogP contribution in [0.5, 0.6) is 5.75 Å². The summed E-state index contributed by atoms with van der Waals surface area (Å²) in [4.78, 5) is 11.2. The molecule has 0 bridgehead atoms. The number of anilines is 1. The number of ether oxygens (including phenoxy) is 1. The highest BCUT2D eigenvalue weighted by molar-refractivity contribution is 5.92. The summed E-state index contributed by atoms with van der Waals surface area (Å²) in [5.74, 6) is -0.341. The van der Waals surface area contributed by atoms with Gasteiger partial charge in [-0.3, -0.25) is 4.79 Å². The normalized spacial score (nSPS) is 9.19. The number of nitrogens with one attached hydrogen (secondary N) is 1. The minimum absolute atomic E-state index is 0. The van der Waals surface area contributed by atoms with Crippen LogP contribution < -0.4 is 15.8 Å². The molecule has 0 aliphatic carbocycles. The average molecular weight is 249 g/mol. The summed E-state index contributed by atoms with van der Waals surface area (Å²) in [6.07, 6.45) is 0.223. The largest absolute Gasteiger partial charge is 0.494 e. The molecular weight excluding hydrogens is 235 g/mol. The van der Waals surface area contributed by atoms with Crippen LogP contribution in [0.1, 0.15) is 6.42 Å². The van der Waals surface area contributed by atoms with Crippen molar-refractivity contribution in [1.29, 1.82) is 0 Å². The maximum absolute atomic E-state index is 12.8. The van der Waals surface area contributed by atoms with Crippen LogP contribution in [0.2, 0.25) is 0 Å². The highest BCUT2D eigenvalue weighted by atomic mass is 35.5. The van der Waals surface area contributed by atoms with Crippen LogP contribution in [-0.4, -0.2) is 19.6 Å². The Morgan fingerprint density at radius 3 is 2.81 bits per heavy atom. The first-order chi connectivity index (χ1) is 7.17. The van der Waals surface area contributed by atoms with Crippen LogP contribution in [0.4, 0.5) is 10.1 Å². The molecule has 0 fully saturated rings. The van der Waals surface area contributed by atoms with Gasteiger partial charge in [-0.1, -0.05) is 0 Å². The van der Waals surface area contributed by atoms with E-state index in [-0.39, 0.29) is 31.3 Å². The quantitative estimate of drug-likeness (QED) is 0.850. The van der Waals surface area contributed by atoms with E-state index < -0.39 is 5.82 Å². The first-order valence-electron chi connectivity index (χ1n) is 4.51. The molecule has 0 spiro atoms. The molecule has 6 heteroatoms. The lowest BCUT2D eigenvalue weighted by atomic mass is 10.2. The lowest BCUT2D eigenvalue weighted by Gasteiger charge is -2.09. The number of methoxy groups -OCH3 is 1. The average Bonchev–Trinajstić information content (AvgIpc) is 2.21. The minimum atomic E-state index is -0.413. The molecule has 0 aliphatic heterocycles. The third-order valence-corrected chi connectivity index (χ3v) is 1.81. The second kappa shape index (κ2) is 7.03. The maximum Gasteiger partial charge on any atom is 0.225 e. The molecule has 0 aliphatic rings. The Balaban J connectivity index is 0.00000225. The molecule has 0 saturated carbocycles. The molecule has 1 aromatic rings. The summed E-state index contributed by atoms with van der Waals surface area (Å²) in [5, 5.41) is 2.58. The van der Waals surface area contributed by atoms with Gasteiger partial charge < -0.3 is 15.8 Å². The molecule has 1 aromatic carbocycles. The third kappa shape index (κ3) is 4.04. The summed E-state index contributed by atoms with van der Waals surface area (Å²) < 4.78 is 17.7. The number of halogens is 2. The Labute approximate surface area is 99.4 Å². The summed E-state index contributed by atoms with van der Waals surface area (Å²) in [6.45, 7) is 0.273. The van der Waals surface area contributed by atoms with Gasteiger partial charge in [0.25, 0.3) is 0 Å². The molecule has 0 saturated heterocycles. The zero-order valence-electron chi connectivity index (χ0n) is 8.83. The number of hydrogen-bond acceptors (Lipinski definition) is 3. The van der Waals surface area contributed by atoms with Gasteiger partial charge in [-0.25, -0.2) is 4.39 Å². The highest BCUT2D eigenvalue weighted by Gasteiger charge is 2.07. The van der Waals surface area contributed by atoms with E-state index in [1.807, 2.05) is 0 Å². The van der Waals surface area contributed by atoms with Gasteiger partial charge in [0.1, 0.15) is 11.6 Å². The monoisotopic (exact) mass is 248 g/mol. The number of rotatable bonds is 4. The summed E-state index contributed by atoms with van der Waals surface area (Å²) in [5.41, 5.74) is 5.67. The molecule has 3 N–H and O–H groups in total. The van der Waals surface area contributed by atoms with Crippen LogP contribution in [0, 0.1) is 5.82 Å². The molecule has 0 radical (unpaired) electrons. The Hall–Kier alpha value is -1.33. The van der Waals surface area contributed by atoms with Crippen molar-refractivity contribution < 1.29 is 13.9 Å². The van der Waals surface area contributed by atoms with Crippen LogP contribution in [-0.2, 0) is 4.79 Å². The molecule has 0 heterocycles. The molecular formula is C10H14ClFN2O2. The zero-order valence-corrected chi connectivity index (χ0v) is 9.64. The smallest absolute Gasteiger partial charge is 0.225 e. The van der Waals surface area contributed by atoms with Crippen molar-refractivity contribution in [3.05, 3.63) is 24.0 Å². The van der Waals surface area contributed by atoms with Crippen molar-refractivity contribution in [2.24, 2.45) is 5.73 Å². The van der Waals surface area contributed by atoms with E-state index in [0.29, 0.717) is 11.4 Å². The molecule has 1 amide bonds. The first-order valence-corrected chi connectivity index (χ1v) is 4.51. The molecule has 0 atom stereocenters. The summed E-state index contributed by atoms with van der Waals surface area (Å²) in [7, 11) is 1.41. The van der Waals surface area contributed by atoms with E-state index in [0.717, 1.165) is 0 Å². The topological polar surface area (TPSA) is 64.3 Å². The molecule has 0 aromatic heterocycles. The number of amides is 1. The van der Waals surface area contributed by atoms with E-state index in [4.69, 9.17) is 10.5 Å². The fourth-order valence-corrected chi connectivity index (χ4v) is 1.11. The van der Waals surface area contributed by atoms with Crippen molar-refractivity contribution in [1.82, 2.24) is 0 Å². The van der Waals surface area contributed by atoms with Crippen LogP contribution >= 0.6 is 12.4 Å². The Morgan fingerprint density at radius 2 is 2.25 bits per heavy atom. The van der Waals surface area contributed by atoms with Gasteiger partial charge in [0.2, 0.25) is 5.91 Å². The number of nitrogens with two attached hydrogens (primary N) is 1. The number of carbonyl (C=O) groups excluding carboxylic acids is 1. The van der Waals surface area contributed by atoms with Gasteiger partial charge in [-0.2, -0.15) is 0 Å². The van der Waals surface area contributed by atoms with Crippen LogP contribution in [0.25, 0.3) is 0 Å². The van der Waals surface area contributed by atoms with E-state index in [9.17, 15) is 9.18 Å². The molecule has 90 valence electrons. The van der Waals surface area contributed by atoms with Gasteiger partial charge in [0, 0.05) is 19.0 Å². The fraction of sp³-hybridized carbons (Fsp3) is 0.300. The standard InChI is InChI=1S/C10H13FN2O2.ClH/c1-15-9-6-7(11)2-3-8(9)13-10(14)4-5-12;/h2-3,6H,4-5,12H2,1H3,(H,13,14);1H. The lowest BCUT2D eigenvalue weighted by molar-refractivity contribution is -0.116. The third-order valence-electron chi connectivity index (χ3n) is 1.81. The maximum atomic E-state index is 12.8. The number of carbonyl (C=O) groups is 1. The second-order valence-electron chi connectivity index (χ2n) is 2.93. The van der Waals surface area contributed by atoms with Crippen molar-refractivity contribution in [2.75, 3.05) is 19.0 Å². The Morgan fingerprint density at radius 1 is 1.56 bits per heavy atom. The number of benzene rings is 1. The van der Waals surface area contributed by atoms with E-state index in [1.165, 1.54) is 25.3 Å². The summed E-state index contributed by atoms with van der Waals surface area (Å²) >= 11 is 0.